The highest BCUT2D eigenvalue weighted by molar-refractivity contribution is 5.48. The average molecular weight is 362 g/mol. The Bertz CT molecular complexity index is 518. The first-order valence-electron chi connectivity index (χ1n) is 10.6. The fourth-order valence-electron chi connectivity index (χ4n) is 4.28. The molecule has 0 aromatic heterocycles. The van der Waals surface area contributed by atoms with Crippen molar-refractivity contribution >= 4 is 0 Å². The van der Waals surface area contributed by atoms with Crippen molar-refractivity contribution in [2.75, 3.05) is 13.2 Å². The maximum atomic E-state index is 6.12. The zero-order valence-electron chi connectivity index (χ0n) is 18.3. The predicted octanol–water partition coefficient (Wildman–Crippen LogP) is 6.72. The lowest BCUT2D eigenvalue weighted by atomic mass is 9.76. The summed E-state index contributed by atoms with van der Waals surface area (Å²) in [4.78, 5) is 0. The summed E-state index contributed by atoms with van der Waals surface area (Å²) in [5.41, 5.74) is 12.8. The van der Waals surface area contributed by atoms with E-state index in [1.165, 1.54) is 60.0 Å². The first kappa shape index (κ1) is 23.2. The van der Waals surface area contributed by atoms with Crippen molar-refractivity contribution < 1.29 is 4.74 Å². The first-order chi connectivity index (χ1) is 12.2. The van der Waals surface area contributed by atoms with Gasteiger partial charge in [0.25, 0.3) is 0 Å². The second-order valence-corrected chi connectivity index (χ2v) is 8.68. The number of hydrogen-bond donors (Lipinski definition) is 1. The predicted molar refractivity (Wildman–Crippen MR) is 115 cm³/mol. The summed E-state index contributed by atoms with van der Waals surface area (Å²) in [5, 5.41) is 0. The SMILES string of the molecule is C=C(C)C(=C(/C)CCCN)/C(C)=C(\C)CC1CCC(C)(OCCC)CC1. The van der Waals surface area contributed by atoms with Crippen molar-refractivity contribution in [2.24, 2.45) is 11.7 Å². The van der Waals surface area contributed by atoms with E-state index < -0.39 is 0 Å². The quantitative estimate of drug-likeness (QED) is 0.438. The van der Waals surface area contributed by atoms with E-state index in [-0.39, 0.29) is 5.60 Å². The first-order valence-corrected chi connectivity index (χ1v) is 10.6. The number of nitrogens with two attached hydrogens (primary N) is 1. The highest BCUT2D eigenvalue weighted by Crippen LogP contribution is 2.38. The number of ether oxygens (including phenoxy) is 1. The Morgan fingerprint density at radius 2 is 1.73 bits per heavy atom. The van der Waals surface area contributed by atoms with Crippen molar-refractivity contribution in [2.45, 2.75) is 98.5 Å². The van der Waals surface area contributed by atoms with E-state index in [0.29, 0.717) is 0 Å². The van der Waals surface area contributed by atoms with E-state index in [2.05, 4.69) is 48.1 Å². The van der Waals surface area contributed by atoms with Gasteiger partial charge in [0.15, 0.2) is 0 Å². The molecule has 1 aliphatic carbocycles. The molecule has 1 aliphatic rings. The molecule has 0 radical (unpaired) electrons. The molecule has 2 N–H and O–H groups in total. The van der Waals surface area contributed by atoms with Crippen molar-refractivity contribution in [1.82, 2.24) is 0 Å². The van der Waals surface area contributed by atoms with Crippen LogP contribution in [0.1, 0.15) is 92.9 Å². The maximum absolute atomic E-state index is 6.12. The van der Waals surface area contributed by atoms with Gasteiger partial charge in [0, 0.05) is 6.61 Å². The van der Waals surface area contributed by atoms with Crippen LogP contribution in [0.2, 0.25) is 0 Å². The number of allylic oxidation sites excluding steroid dienone is 5. The summed E-state index contributed by atoms with van der Waals surface area (Å²) >= 11 is 0. The van der Waals surface area contributed by atoms with Crippen LogP contribution < -0.4 is 5.73 Å². The van der Waals surface area contributed by atoms with Gasteiger partial charge in [-0.15, -0.1) is 0 Å². The van der Waals surface area contributed by atoms with Crippen LogP contribution in [-0.4, -0.2) is 18.8 Å². The second-order valence-electron chi connectivity index (χ2n) is 8.68. The molecule has 0 amide bonds. The van der Waals surface area contributed by atoms with E-state index in [9.17, 15) is 0 Å². The molecule has 0 bridgehead atoms. The minimum atomic E-state index is 0.112. The lowest BCUT2D eigenvalue weighted by molar-refractivity contribution is -0.0641. The van der Waals surface area contributed by atoms with Crippen molar-refractivity contribution in [3.63, 3.8) is 0 Å². The van der Waals surface area contributed by atoms with Crippen LogP contribution >= 0.6 is 0 Å². The molecular formula is C24H43NO. The Morgan fingerprint density at radius 3 is 2.23 bits per heavy atom. The summed E-state index contributed by atoms with van der Waals surface area (Å²) in [6.45, 7) is 19.4. The van der Waals surface area contributed by atoms with Gasteiger partial charge in [-0.3, -0.25) is 0 Å². The lowest BCUT2D eigenvalue weighted by Gasteiger charge is -2.37. The summed E-state index contributed by atoms with van der Waals surface area (Å²) < 4.78 is 6.12. The van der Waals surface area contributed by atoms with E-state index in [1.54, 1.807) is 0 Å². The summed E-state index contributed by atoms with van der Waals surface area (Å²) in [5.74, 6) is 0.791. The molecule has 2 nitrogen and oxygen atoms in total. The fraction of sp³-hybridized carbons (Fsp3) is 0.750. The molecule has 0 aromatic carbocycles. The Morgan fingerprint density at radius 1 is 1.12 bits per heavy atom. The van der Waals surface area contributed by atoms with E-state index in [4.69, 9.17) is 10.5 Å². The summed E-state index contributed by atoms with van der Waals surface area (Å²) in [6.07, 6.45) is 9.39. The topological polar surface area (TPSA) is 35.2 Å². The fourth-order valence-corrected chi connectivity index (χ4v) is 4.28. The van der Waals surface area contributed by atoms with Crippen molar-refractivity contribution in [3.8, 4) is 0 Å². The molecule has 0 aromatic rings. The third-order valence-corrected chi connectivity index (χ3v) is 6.04. The van der Waals surface area contributed by atoms with Crippen molar-refractivity contribution in [1.29, 1.82) is 0 Å². The minimum Gasteiger partial charge on any atom is -0.375 e. The molecule has 150 valence electrons. The van der Waals surface area contributed by atoms with Gasteiger partial charge in [-0.25, -0.2) is 0 Å². The van der Waals surface area contributed by atoms with Gasteiger partial charge in [-0.2, -0.15) is 0 Å². The van der Waals surface area contributed by atoms with Gasteiger partial charge < -0.3 is 10.5 Å². The van der Waals surface area contributed by atoms with E-state index in [1.807, 2.05) is 0 Å². The van der Waals surface area contributed by atoms with Gasteiger partial charge >= 0.3 is 0 Å². The monoisotopic (exact) mass is 361 g/mol. The molecule has 1 fully saturated rings. The Hall–Kier alpha value is -0.860. The molecule has 0 heterocycles. The lowest BCUT2D eigenvalue weighted by Crippen LogP contribution is -2.34. The van der Waals surface area contributed by atoms with Crippen LogP contribution in [0.5, 0.6) is 0 Å². The third kappa shape index (κ3) is 7.04. The third-order valence-electron chi connectivity index (χ3n) is 6.04. The smallest absolute Gasteiger partial charge is 0.0654 e. The van der Waals surface area contributed by atoms with Crippen LogP contribution in [0, 0.1) is 5.92 Å². The van der Waals surface area contributed by atoms with E-state index >= 15 is 0 Å². The number of rotatable bonds is 10. The molecule has 0 spiro atoms. The molecule has 1 saturated carbocycles. The molecule has 0 unspecified atom stereocenters. The van der Waals surface area contributed by atoms with Crippen LogP contribution in [0.4, 0.5) is 0 Å². The van der Waals surface area contributed by atoms with Gasteiger partial charge in [0.1, 0.15) is 0 Å². The van der Waals surface area contributed by atoms with E-state index in [0.717, 1.165) is 38.3 Å². The number of hydrogen-bond acceptors (Lipinski definition) is 2. The van der Waals surface area contributed by atoms with Crippen molar-refractivity contribution in [3.05, 3.63) is 34.4 Å². The highest BCUT2D eigenvalue weighted by Gasteiger charge is 2.31. The molecule has 0 saturated heterocycles. The Kier molecular flexibility index (Phi) is 9.89. The second kappa shape index (κ2) is 11.1. The zero-order chi connectivity index (χ0) is 19.7. The highest BCUT2D eigenvalue weighted by atomic mass is 16.5. The molecule has 0 atom stereocenters. The normalized spacial score (nSPS) is 25.6. The standard InChI is InChI=1S/C24H43NO/c1-8-16-26-24(7)13-11-22(12-14-24)17-20(5)21(6)23(18(2)3)19(4)10-9-15-25/h22H,2,8-17,25H2,1,3-7H3/b21-20+,23-19+. The largest absolute Gasteiger partial charge is 0.375 e. The van der Waals surface area contributed by atoms with Gasteiger partial charge in [-0.05, 0) is 110 Å². The van der Waals surface area contributed by atoms with Crippen LogP contribution in [0.3, 0.4) is 0 Å². The zero-order valence-corrected chi connectivity index (χ0v) is 18.3. The molecule has 2 heteroatoms. The van der Waals surface area contributed by atoms with Crippen LogP contribution in [0.25, 0.3) is 0 Å². The van der Waals surface area contributed by atoms with Gasteiger partial charge in [-0.1, -0.05) is 30.2 Å². The molecular weight excluding hydrogens is 318 g/mol. The molecule has 26 heavy (non-hydrogen) atoms. The summed E-state index contributed by atoms with van der Waals surface area (Å²) in [7, 11) is 0. The maximum Gasteiger partial charge on any atom is 0.0654 e. The average Bonchev–Trinajstić information content (AvgIpc) is 2.60. The minimum absolute atomic E-state index is 0.112. The molecule has 0 aliphatic heterocycles. The molecule has 1 rings (SSSR count). The Labute approximate surface area is 163 Å². The van der Waals surface area contributed by atoms with Crippen LogP contribution in [0.15, 0.2) is 34.4 Å². The Balaban J connectivity index is 2.78. The van der Waals surface area contributed by atoms with Crippen LogP contribution in [-0.2, 0) is 4.74 Å². The summed E-state index contributed by atoms with van der Waals surface area (Å²) in [6, 6.07) is 0. The van der Waals surface area contributed by atoms with Gasteiger partial charge in [0.2, 0.25) is 0 Å². The van der Waals surface area contributed by atoms with Gasteiger partial charge in [0.05, 0.1) is 5.60 Å².